The number of nitrogens with zero attached hydrogens (tertiary/aromatic N) is 1. The molecule has 0 aromatic rings. The van der Waals surface area contributed by atoms with E-state index in [-0.39, 0.29) is 0 Å². The van der Waals surface area contributed by atoms with Crippen molar-refractivity contribution in [2.24, 2.45) is 11.3 Å². The van der Waals surface area contributed by atoms with Crippen molar-refractivity contribution in [2.75, 3.05) is 32.8 Å². The number of hydrogen-bond donors (Lipinski definition) is 0. The van der Waals surface area contributed by atoms with Crippen LogP contribution in [-0.4, -0.2) is 37.7 Å². The van der Waals surface area contributed by atoms with Crippen molar-refractivity contribution in [3.05, 3.63) is 11.1 Å². The van der Waals surface area contributed by atoms with Gasteiger partial charge in [0.15, 0.2) is 0 Å². The molecule has 21 heavy (non-hydrogen) atoms. The zero-order valence-corrected chi connectivity index (χ0v) is 13.5. The third-order valence-corrected chi connectivity index (χ3v) is 6.80. The van der Waals surface area contributed by atoms with Crippen molar-refractivity contribution in [3.63, 3.8) is 0 Å². The van der Waals surface area contributed by atoms with E-state index in [1.54, 1.807) is 0 Å². The van der Waals surface area contributed by atoms with Gasteiger partial charge < -0.3 is 9.64 Å². The standard InChI is InChI=1S/C19H31NO/c1-2-4-18-17(3-1)5-8-19(18)9-11-20(12-10-19)15-16-6-13-21-14-7-16/h16H,1-15H2. The molecule has 2 aliphatic carbocycles. The van der Waals surface area contributed by atoms with Gasteiger partial charge in [-0.2, -0.15) is 0 Å². The van der Waals surface area contributed by atoms with Gasteiger partial charge in [0.1, 0.15) is 0 Å². The first kappa shape index (κ1) is 14.3. The summed E-state index contributed by atoms with van der Waals surface area (Å²) in [4.78, 5) is 2.77. The van der Waals surface area contributed by atoms with Crippen LogP contribution in [0.2, 0.25) is 0 Å². The van der Waals surface area contributed by atoms with Crippen LogP contribution in [0.15, 0.2) is 11.1 Å². The van der Waals surface area contributed by atoms with Crippen LogP contribution in [0.3, 0.4) is 0 Å². The van der Waals surface area contributed by atoms with Crippen LogP contribution in [0.4, 0.5) is 0 Å². The molecule has 2 heteroatoms. The molecule has 2 saturated heterocycles. The maximum Gasteiger partial charge on any atom is 0.0469 e. The van der Waals surface area contributed by atoms with Crippen LogP contribution in [0.25, 0.3) is 0 Å². The molecule has 0 aromatic carbocycles. The molecule has 1 spiro atoms. The third-order valence-electron chi connectivity index (χ3n) is 6.80. The van der Waals surface area contributed by atoms with E-state index in [0.717, 1.165) is 19.1 Å². The van der Waals surface area contributed by atoms with Crippen molar-refractivity contribution >= 4 is 0 Å². The Morgan fingerprint density at radius 2 is 1.71 bits per heavy atom. The third kappa shape index (κ3) is 2.82. The Hall–Kier alpha value is -0.340. The van der Waals surface area contributed by atoms with E-state index in [2.05, 4.69) is 4.90 Å². The number of likely N-dealkylation sites (tertiary alicyclic amines) is 1. The summed E-state index contributed by atoms with van der Waals surface area (Å²) in [6, 6.07) is 0. The Morgan fingerprint density at radius 3 is 2.52 bits per heavy atom. The largest absolute Gasteiger partial charge is 0.381 e. The van der Waals surface area contributed by atoms with Gasteiger partial charge in [-0.25, -0.2) is 0 Å². The van der Waals surface area contributed by atoms with Gasteiger partial charge >= 0.3 is 0 Å². The normalized spacial score (nSPS) is 30.9. The Morgan fingerprint density at radius 1 is 0.952 bits per heavy atom. The van der Waals surface area contributed by atoms with Gasteiger partial charge in [0.25, 0.3) is 0 Å². The topological polar surface area (TPSA) is 12.5 Å². The maximum absolute atomic E-state index is 5.50. The molecule has 2 nitrogen and oxygen atoms in total. The smallest absolute Gasteiger partial charge is 0.0469 e. The zero-order valence-electron chi connectivity index (χ0n) is 13.5. The number of hydrogen-bond acceptors (Lipinski definition) is 2. The highest BCUT2D eigenvalue weighted by Crippen LogP contribution is 2.54. The zero-order chi connectivity index (χ0) is 14.1. The molecule has 0 atom stereocenters. The van der Waals surface area contributed by atoms with Crippen LogP contribution in [0.1, 0.15) is 64.2 Å². The summed E-state index contributed by atoms with van der Waals surface area (Å²) in [7, 11) is 0. The summed E-state index contributed by atoms with van der Waals surface area (Å²) in [5.41, 5.74) is 4.49. The number of ether oxygens (including phenoxy) is 1. The van der Waals surface area contributed by atoms with Gasteiger partial charge in [-0.05, 0) is 88.6 Å². The minimum Gasteiger partial charge on any atom is -0.381 e. The van der Waals surface area contributed by atoms with E-state index < -0.39 is 0 Å². The van der Waals surface area contributed by atoms with Gasteiger partial charge in [-0.3, -0.25) is 0 Å². The highest BCUT2D eigenvalue weighted by Gasteiger charge is 2.43. The van der Waals surface area contributed by atoms with Crippen LogP contribution in [-0.2, 0) is 4.74 Å². The van der Waals surface area contributed by atoms with Gasteiger partial charge in [0, 0.05) is 19.8 Å². The second-order valence-electron chi connectivity index (χ2n) is 7.93. The van der Waals surface area contributed by atoms with Gasteiger partial charge in [0.05, 0.1) is 0 Å². The van der Waals surface area contributed by atoms with Gasteiger partial charge in [-0.15, -0.1) is 0 Å². The lowest BCUT2D eigenvalue weighted by atomic mass is 9.70. The van der Waals surface area contributed by atoms with Crippen LogP contribution >= 0.6 is 0 Å². The van der Waals surface area contributed by atoms with Crippen molar-refractivity contribution < 1.29 is 4.74 Å². The Balaban J connectivity index is 1.35. The first-order chi connectivity index (χ1) is 10.4. The predicted octanol–water partition coefficient (Wildman–Crippen LogP) is 4.16. The molecule has 0 N–H and O–H groups in total. The van der Waals surface area contributed by atoms with E-state index in [1.165, 1.54) is 83.8 Å². The van der Waals surface area contributed by atoms with Crippen LogP contribution < -0.4 is 0 Å². The molecule has 0 amide bonds. The average molecular weight is 289 g/mol. The highest BCUT2D eigenvalue weighted by atomic mass is 16.5. The van der Waals surface area contributed by atoms with Gasteiger partial charge in [-0.1, -0.05) is 11.1 Å². The summed E-state index contributed by atoms with van der Waals surface area (Å²) in [5.74, 6) is 0.904. The molecular formula is C19H31NO. The first-order valence-electron chi connectivity index (χ1n) is 9.37. The lowest BCUT2D eigenvalue weighted by molar-refractivity contribution is 0.0408. The van der Waals surface area contributed by atoms with E-state index in [0.29, 0.717) is 5.41 Å². The summed E-state index contributed by atoms with van der Waals surface area (Å²) < 4.78 is 5.50. The molecule has 0 aromatic heterocycles. The lowest BCUT2D eigenvalue weighted by Gasteiger charge is -2.43. The predicted molar refractivity (Wildman–Crippen MR) is 86.4 cm³/mol. The molecule has 0 saturated carbocycles. The molecule has 2 heterocycles. The average Bonchev–Trinajstić information content (AvgIpc) is 2.90. The molecule has 0 bridgehead atoms. The van der Waals surface area contributed by atoms with Gasteiger partial charge in [0.2, 0.25) is 0 Å². The lowest BCUT2D eigenvalue weighted by Crippen LogP contribution is -2.43. The Labute approximate surface area is 129 Å². The fraction of sp³-hybridized carbons (Fsp3) is 0.895. The molecule has 4 aliphatic rings. The minimum atomic E-state index is 0.655. The summed E-state index contributed by atoms with van der Waals surface area (Å²) >= 11 is 0. The summed E-state index contributed by atoms with van der Waals surface area (Å²) in [5, 5.41) is 0. The van der Waals surface area contributed by atoms with E-state index in [1.807, 2.05) is 11.1 Å². The molecular weight excluding hydrogens is 258 g/mol. The molecule has 4 rings (SSSR count). The van der Waals surface area contributed by atoms with Crippen molar-refractivity contribution in [1.82, 2.24) is 4.90 Å². The summed E-state index contributed by atoms with van der Waals surface area (Å²) in [6.07, 6.45) is 14.2. The van der Waals surface area contributed by atoms with Crippen molar-refractivity contribution in [3.8, 4) is 0 Å². The van der Waals surface area contributed by atoms with E-state index in [9.17, 15) is 0 Å². The second-order valence-corrected chi connectivity index (χ2v) is 7.93. The molecule has 0 radical (unpaired) electrons. The SMILES string of the molecule is C1CCC2=C(C1)CCC21CCN(CC2CCOCC2)CC1. The first-order valence-corrected chi connectivity index (χ1v) is 9.37. The molecule has 2 fully saturated rings. The maximum atomic E-state index is 5.50. The van der Waals surface area contributed by atoms with Crippen LogP contribution in [0.5, 0.6) is 0 Å². The summed E-state index contributed by atoms with van der Waals surface area (Å²) in [6.45, 7) is 6.05. The quantitative estimate of drug-likeness (QED) is 0.708. The van der Waals surface area contributed by atoms with Crippen molar-refractivity contribution in [1.29, 1.82) is 0 Å². The Kier molecular flexibility index (Phi) is 4.10. The Bertz CT molecular complexity index is 400. The fourth-order valence-electron chi connectivity index (χ4n) is 5.43. The second kappa shape index (κ2) is 6.04. The monoisotopic (exact) mass is 289 g/mol. The highest BCUT2D eigenvalue weighted by molar-refractivity contribution is 5.31. The number of allylic oxidation sites excluding steroid dienone is 2. The number of rotatable bonds is 2. The molecule has 0 unspecified atom stereocenters. The van der Waals surface area contributed by atoms with E-state index in [4.69, 9.17) is 4.74 Å². The number of piperidine rings is 1. The van der Waals surface area contributed by atoms with E-state index >= 15 is 0 Å². The molecule has 118 valence electrons. The minimum absolute atomic E-state index is 0.655. The molecule has 2 aliphatic heterocycles. The fourth-order valence-corrected chi connectivity index (χ4v) is 5.43. The van der Waals surface area contributed by atoms with Crippen LogP contribution in [0, 0.1) is 11.3 Å². The van der Waals surface area contributed by atoms with Crippen molar-refractivity contribution in [2.45, 2.75) is 64.2 Å². The number of fused-ring (bicyclic) bond motifs is 1.